The SMILES string of the molecule is COc1ccc(F)cc1-c1ccnc2[nH]c(C3=CCN(c4c(NCC(=O)N(C)C)c(=O)c4=O)CC3)cc12. The summed E-state index contributed by atoms with van der Waals surface area (Å²) in [7, 11) is 4.80. The summed E-state index contributed by atoms with van der Waals surface area (Å²) in [4.78, 5) is 47.4. The van der Waals surface area contributed by atoms with Crippen molar-refractivity contribution in [2.24, 2.45) is 0 Å². The van der Waals surface area contributed by atoms with Gasteiger partial charge in [-0.05, 0) is 47.9 Å². The van der Waals surface area contributed by atoms with E-state index in [2.05, 4.69) is 15.3 Å². The van der Waals surface area contributed by atoms with Gasteiger partial charge in [0.15, 0.2) is 0 Å². The molecule has 9 nitrogen and oxygen atoms in total. The van der Waals surface area contributed by atoms with Gasteiger partial charge in [-0.15, -0.1) is 0 Å². The number of benzene rings is 1. The fourth-order valence-electron chi connectivity index (χ4n) is 4.61. The quantitative estimate of drug-likeness (QED) is 0.374. The van der Waals surface area contributed by atoms with Crippen molar-refractivity contribution in [3.05, 3.63) is 74.6 Å². The van der Waals surface area contributed by atoms with Gasteiger partial charge in [-0.2, -0.15) is 0 Å². The van der Waals surface area contributed by atoms with Gasteiger partial charge in [-0.1, -0.05) is 6.08 Å². The molecule has 0 atom stereocenters. The van der Waals surface area contributed by atoms with E-state index in [1.54, 1.807) is 33.5 Å². The highest BCUT2D eigenvalue weighted by Gasteiger charge is 2.28. The zero-order valence-corrected chi connectivity index (χ0v) is 20.7. The zero-order chi connectivity index (χ0) is 26.3. The molecule has 0 spiro atoms. The number of hydrogen-bond donors (Lipinski definition) is 2. The number of carbonyl (C=O) groups excluding carboxylic acids is 1. The van der Waals surface area contributed by atoms with Crippen molar-refractivity contribution in [3.8, 4) is 16.9 Å². The van der Waals surface area contributed by atoms with Crippen molar-refractivity contribution >= 4 is 33.9 Å². The van der Waals surface area contributed by atoms with Crippen LogP contribution in [0.1, 0.15) is 12.1 Å². The summed E-state index contributed by atoms with van der Waals surface area (Å²) in [6.07, 6.45) is 4.29. The number of nitrogens with one attached hydrogen (secondary N) is 2. The Balaban J connectivity index is 1.40. The van der Waals surface area contributed by atoms with Gasteiger partial charge in [0.2, 0.25) is 5.91 Å². The summed E-state index contributed by atoms with van der Waals surface area (Å²) in [5.41, 5.74) is 3.41. The lowest BCUT2D eigenvalue weighted by Gasteiger charge is -2.30. The number of carbonyl (C=O) groups is 1. The summed E-state index contributed by atoms with van der Waals surface area (Å²) in [5, 5.41) is 3.67. The second-order valence-corrected chi connectivity index (χ2v) is 9.10. The highest BCUT2D eigenvalue weighted by atomic mass is 19.1. The minimum Gasteiger partial charge on any atom is -0.496 e. The molecule has 0 unspecified atom stereocenters. The molecule has 0 saturated carbocycles. The molecule has 2 aromatic heterocycles. The minimum absolute atomic E-state index is 0.0553. The maximum atomic E-state index is 14.0. The number of fused-ring (bicyclic) bond motifs is 1. The third-order valence-electron chi connectivity index (χ3n) is 6.66. The monoisotopic (exact) mass is 503 g/mol. The van der Waals surface area contributed by atoms with Crippen LogP contribution in [-0.4, -0.2) is 61.6 Å². The van der Waals surface area contributed by atoms with Crippen molar-refractivity contribution in [3.63, 3.8) is 0 Å². The number of likely N-dealkylation sites (N-methyl/N-ethyl adjacent to an activating group) is 1. The van der Waals surface area contributed by atoms with Crippen LogP contribution in [0.5, 0.6) is 5.75 Å². The lowest BCUT2D eigenvalue weighted by Crippen LogP contribution is -2.45. The van der Waals surface area contributed by atoms with Gasteiger partial charge in [0.25, 0.3) is 10.9 Å². The van der Waals surface area contributed by atoms with Crippen LogP contribution in [0.3, 0.4) is 0 Å². The summed E-state index contributed by atoms with van der Waals surface area (Å²) in [5.74, 6) is 0.0150. The molecule has 3 heterocycles. The summed E-state index contributed by atoms with van der Waals surface area (Å²) < 4.78 is 19.5. The van der Waals surface area contributed by atoms with Crippen LogP contribution in [0.25, 0.3) is 27.7 Å². The Bertz CT molecular complexity index is 1610. The van der Waals surface area contributed by atoms with Crippen molar-refractivity contribution in [1.29, 1.82) is 0 Å². The Morgan fingerprint density at radius 3 is 2.70 bits per heavy atom. The molecular formula is C27H26FN5O4. The molecule has 190 valence electrons. The van der Waals surface area contributed by atoms with Gasteiger partial charge in [0.1, 0.15) is 28.6 Å². The number of aromatic amines is 1. The molecule has 1 amide bonds. The lowest BCUT2D eigenvalue weighted by molar-refractivity contribution is -0.126. The van der Waals surface area contributed by atoms with Crippen LogP contribution >= 0.6 is 0 Å². The summed E-state index contributed by atoms with van der Waals surface area (Å²) in [6.45, 7) is 0.907. The molecule has 1 aliphatic rings. The molecule has 1 aliphatic heterocycles. The standard InChI is InChI=1S/C27H26FN5O4/c1-32(2)22(34)14-30-23-24(26(36)25(23)35)33-10-7-15(8-11-33)20-13-19-17(6-9-29-27(19)31-20)18-12-16(28)4-5-21(18)37-3/h4-7,9,12-13,30H,8,10-11,14H2,1-3H3,(H,29,31). The average Bonchev–Trinajstić information content (AvgIpc) is 3.35. The minimum atomic E-state index is -0.599. The van der Waals surface area contributed by atoms with Crippen molar-refractivity contribution < 1.29 is 13.9 Å². The van der Waals surface area contributed by atoms with Crippen molar-refractivity contribution in [2.75, 3.05) is 51.1 Å². The first-order chi connectivity index (χ1) is 17.8. The summed E-state index contributed by atoms with van der Waals surface area (Å²) in [6, 6.07) is 8.22. The second-order valence-electron chi connectivity index (χ2n) is 9.10. The van der Waals surface area contributed by atoms with Crippen LogP contribution in [-0.2, 0) is 4.79 Å². The number of nitrogens with zero attached hydrogens (tertiary/aromatic N) is 3. The number of rotatable bonds is 7. The predicted octanol–water partition coefficient (Wildman–Crippen LogP) is 2.77. The molecule has 0 bridgehead atoms. The molecule has 2 aromatic carbocycles. The molecular weight excluding hydrogens is 477 g/mol. The number of aromatic nitrogens is 2. The van der Waals surface area contributed by atoms with Crippen LogP contribution in [0.15, 0.2) is 52.2 Å². The number of anilines is 2. The smallest absolute Gasteiger partial charge is 0.253 e. The van der Waals surface area contributed by atoms with Crippen molar-refractivity contribution in [1.82, 2.24) is 14.9 Å². The van der Waals surface area contributed by atoms with E-state index in [1.165, 1.54) is 17.0 Å². The van der Waals surface area contributed by atoms with E-state index in [-0.39, 0.29) is 24.0 Å². The fourth-order valence-corrected chi connectivity index (χ4v) is 4.61. The molecule has 10 heteroatoms. The number of hydrogen-bond acceptors (Lipinski definition) is 7. The Kier molecular flexibility index (Phi) is 6.24. The topological polar surface area (TPSA) is 108 Å². The Labute approximate surface area is 211 Å². The first-order valence-corrected chi connectivity index (χ1v) is 11.8. The number of ether oxygens (including phenoxy) is 1. The van der Waals surface area contributed by atoms with Gasteiger partial charge in [-0.3, -0.25) is 14.4 Å². The Morgan fingerprint density at radius 2 is 2.00 bits per heavy atom. The van der Waals surface area contributed by atoms with Gasteiger partial charge in [-0.25, -0.2) is 9.37 Å². The predicted molar refractivity (Wildman–Crippen MR) is 141 cm³/mol. The van der Waals surface area contributed by atoms with E-state index >= 15 is 0 Å². The Morgan fingerprint density at radius 1 is 1.19 bits per heavy atom. The average molecular weight is 504 g/mol. The highest BCUT2D eigenvalue weighted by Crippen LogP contribution is 2.37. The first-order valence-electron chi connectivity index (χ1n) is 11.8. The van der Waals surface area contributed by atoms with Gasteiger partial charge < -0.3 is 24.8 Å². The van der Waals surface area contributed by atoms with Crippen LogP contribution < -0.4 is 25.8 Å². The molecule has 0 fully saturated rings. The maximum Gasteiger partial charge on any atom is 0.253 e. The molecule has 2 N–H and O–H groups in total. The lowest BCUT2D eigenvalue weighted by atomic mass is 10.0. The van der Waals surface area contributed by atoms with E-state index in [0.717, 1.165) is 22.2 Å². The Hall–Kier alpha value is -4.47. The second kappa shape index (κ2) is 9.53. The number of halogens is 1. The molecule has 37 heavy (non-hydrogen) atoms. The number of pyridine rings is 1. The van der Waals surface area contributed by atoms with Crippen LogP contribution in [0, 0.1) is 5.82 Å². The molecule has 0 radical (unpaired) electrons. The largest absolute Gasteiger partial charge is 0.496 e. The van der Waals surface area contributed by atoms with Crippen LogP contribution in [0.2, 0.25) is 0 Å². The van der Waals surface area contributed by atoms with E-state index < -0.39 is 10.9 Å². The fraction of sp³-hybridized carbons (Fsp3) is 0.259. The zero-order valence-electron chi connectivity index (χ0n) is 20.7. The van der Waals surface area contributed by atoms with E-state index in [4.69, 9.17) is 4.74 Å². The van der Waals surface area contributed by atoms with Gasteiger partial charge in [0.05, 0.1) is 13.7 Å². The first kappa shape index (κ1) is 24.2. The number of H-pyrrole nitrogens is 1. The molecule has 0 aliphatic carbocycles. The third-order valence-corrected chi connectivity index (χ3v) is 6.66. The number of methoxy groups -OCH3 is 1. The molecule has 5 rings (SSSR count). The summed E-state index contributed by atoms with van der Waals surface area (Å²) >= 11 is 0. The highest BCUT2D eigenvalue weighted by molar-refractivity contribution is 5.97. The molecule has 4 aromatic rings. The van der Waals surface area contributed by atoms with Crippen LogP contribution in [0.4, 0.5) is 15.8 Å². The number of amides is 1. The van der Waals surface area contributed by atoms with Gasteiger partial charge >= 0.3 is 0 Å². The maximum absolute atomic E-state index is 14.0. The van der Waals surface area contributed by atoms with Gasteiger partial charge in [0, 0.05) is 50.0 Å². The van der Waals surface area contributed by atoms with E-state index in [0.29, 0.717) is 42.2 Å². The third kappa shape index (κ3) is 4.35. The van der Waals surface area contributed by atoms with E-state index in [1.807, 2.05) is 23.1 Å². The van der Waals surface area contributed by atoms with Crippen molar-refractivity contribution in [2.45, 2.75) is 6.42 Å². The molecule has 0 saturated heterocycles. The van der Waals surface area contributed by atoms with E-state index in [9.17, 15) is 18.8 Å². The normalized spacial score (nSPS) is 13.6.